The second kappa shape index (κ2) is 6.82. The largest absolute Gasteiger partial charge is 0.493 e. The Balaban J connectivity index is 1.52. The number of ether oxygens (including phenoxy) is 1. The highest BCUT2D eigenvalue weighted by Gasteiger charge is 2.15. The van der Waals surface area contributed by atoms with Gasteiger partial charge in [-0.25, -0.2) is 4.39 Å². The lowest BCUT2D eigenvalue weighted by Crippen LogP contribution is -2.29. The summed E-state index contributed by atoms with van der Waals surface area (Å²) >= 11 is 0. The maximum atomic E-state index is 12.9. The van der Waals surface area contributed by atoms with Gasteiger partial charge in [-0.3, -0.25) is 4.79 Å². The molecule has 3 rings (SSSR count). The molecule has 2 aromatic carbocycles. The van der Waals surface area contributed by atoms with E-state index in [2.05, 4.69) is 11.4 Å². The first kappa shape index (κ1) is 15.5. The molecule has 1 heterocycles. The number of nitrogens with one attached hydrogen (secondary N) is 1. The van der Waals surface area contributed by atoms with Crippen molar-refractivity contribution >= 4 is 5.91 Å². The molecular weight excluding hydrogens is 293 g/mol. The van der Waals surface area contributed by atoms with Crippen molar-refractivity contribution in [1.29, 1.82) is 0 Å². The summed E-state index contributed by atoms with van der Waals surface area (Å²) in [6.45, 7) is 3.17. The molecule has 1 aliphatic rings. The zero-order chi connectivity index (χ0) is 16.2. The van der Waals surface area contributed by atoms with E-state index < -0.39 is 0 Å². The average Bonchev–Trinajstić information content (AvgIpc) is 3.02. The van der Waals surface area contributed by atoms with E-state index in [-0.39, 0.29) is 17.6 Å². The first-order valence-corrected chi connectivity index (χ1v) is 7.91. The molecule has 0 saturated carbocycles. The molecule has 1 aliphatic heterocycles. The van der Waals surface area contributed by atoms with E-state index in [1.165, 1.54) is 23.3 Å². The summed E-state index contributed by atoms with van der Waals surface area (Å²) in [7, 11) is 0. The van der Waals surface area contributed by atoms with Crippen molar-refractivity contribution in [3.05, 3.63) is 65.0 Å². The van der Waals surface area contributed by atoms with Gasteiger partial charge in [-0.2, -0.15) is 0 Å². The summed E-state index contributed by atoms with van der Waals surface area (Å²) in [5.74, 6) is 0.356. The van der Waals surface area contributed by atoms with E-state index in [1.54, 1.807) is 12.1 Å². The lowest BCUT2D eigenvalue weighted by Gasteiger charge is -2.13. The van der Waals surface area contributed by atoms with Crippen LogP contribution in [0.1, 0.15) is 29.5 Å². The van der Waals surface area contributed by atoms with E-state index >= 15 is 0 Å². The summed E-state index contributed by atoms with van der Waals surface area (Å²) in [6.07, 6.45) is 1.74. The molecule has 0 saturated heterocycles. The monoisotopic (exact) mass is 313 g/mol. The van der Waals surface area contributed by atoms with Crippen molar-refractivity contribution < 1.29 is 13.9 Å². The third kappa shape index (κ3) is 3.70. The lowest BCUT2D eigenvalue weighted by atomic mass is 10.0. The number of carbonyl (C=O) groups is 1. The number of hydrogen-bond donors (Lipinski definition) is 1. The van der Waals surface area contributed by atoms with E-state index in [9.17, 15) is 9.18 Å². The van der Waals surface area contributed by atoms with Crippen LogP contribution < -0.4 is 10.1 Å². The van der Waals surface area contributed by atoms with E-state index in [0.717, 1.165) is 30.8 Å². The maximum Gasteiger partial charge on any atom is 0.227 e. The van der Waals surface area contributed by atoms with Gasteiger partial charge in [0.15, 0.2) is 0 Å². The second-order valence-corrected chi connectivity index (χ2v) is 5.85. The van der Waals surface area contributed by atoms with Gasteiger partial charge >= 0.3 is 0 Å². The van der Waals surface area contributed by atoms with Crippen LogP contribution >= 0.6 is 0 Å². The van der Waals surface area contributed by atoms with Gasteiger partial charge < -0.3 is 10.1 Å². The predicted molar refractivity (Wildman–Crippen MR) is 87.2 cm³/mol. The minimum absolute atomic E-state index is 0.0406. The number of fused-ring (bicyclic) bond motifs is 1. The fourth-order valence-electron chi connectivity index (χ4n) is 2.78. The van der Waals surface area contributed by atoms with Gasteiger partial charge in [0.25, 0.3) is 0 Å². The summed E-state index contributed by atoms with van der Waals surface area (Å²) in [6, 6.07) is 12.3. The second-order valence-electron chi connectivity index (χ2n) is 5.85. The average molecular weight is 313 g/mol. The Hall–Kier alpha value is -2.36. The van der Waals surface area contributed by atoms with Crippen LogP contribution in [0.3, 0.4) is 0 Å². The molecule has 23 heavy (non-hydrogen) atoms. The van der Waals surface area contributed by atoms with Gasteiger partial charge in [-0.1, -0.05) is 24.3 Å². The van der Waals surface area contributed by atoms with Gasteiger partial charge in [-0.15, -0.1) is 0 Å². The van der Waals surface area contributed by atoms with Gasteiger partial charge in [-0.05, 0) is 48.2 Å². The number of carbonyl (C=O) groups excluding carboxylic acids is 1. The third-order valence-electron chi connectivity index (χ3n) is 4.23. The highest BCUT2D eigenvalue weighted by atomic mass is 19.1. The van der Waals surface area contributed by atoms with Crippen LogP contribution in [-0.2, 0) is 17.6 Å². The van der Waals surface area contributed by atoms with Gasteiger partial charge in [0.1, 0.15) is 11.6 Å². The van der Waals surface area contributed by atoms with Crippen molar-refractivity contribution in [1.82, 2.24) is 5.32 Å². The number of hydrogen-bond acceptors (Lipinski definition) is 2. The first-order valence-electron chi connectivity index (χ1n) is 7.91. The molecule has 0 fully saturated rings. The van der Waals surface area contributed by atoms with E-state index in [0.29, 0.717) is 6.54 Å². The molecule has 0 bridgehead atoms. The Labute approximate surface area is 135 Å². The zero-order valence-electron chi connectivity index (χ0n) is 13.1. The molecule has 0 aliphatic carbocycles. The summed E-state index contributed by atoms with van der Waals surface area (Å²) in [4.78, 5) is 12.2. The molecule has 1 atom stereocenters. The first-order chi connectivity index (χ1) is 11.1. The molecular formula is C19H20FNO2. The molecule has 1 unspecified atom stereocenters. The summed E-state index contributed by atoms with van der Waals surface area (Å²) in [5.41, 5.74) is 3.26. The SMILES string of the molecule is CC(C(=O)NCCc1ccc2c(c1)CCO2)c1ccc(F)cc1. The van der Waals surface area contributed by atoms with Crippen LogP contribution in [0.5, 0.6) is 5.75 Å². The maximum absolute atomic E-state index is 12.9. The molecule has 3 nitrogen and oxygen atoms in total. The molecule has 2 aromatic rings. The molecule has 1 N–H and O–H groups in total. The van der Waals surface area contributed by atoms with Crippen LogP contribution in [0, 0.1) is 5.82 Å². The van der Waals surface area contributed by atoms with Crippen LogP contribution in [-0.4, -0.2) is 19.1 Å². The van der Waals surface area contributed by atoms with E-state index in [4.69, 9.17) is 4.74 Å². The molecule has 0 aromatic heterocycles. The van der Waals surface area contributed by atoms with Crippen molar-refractivity contribution in [2.75, 3.05) is 13.2 Å². The Morgan fingerprint density at radius 3 is 2.83 bits per heavy atom. The topological polar surface area (TPSA) is 38.3 Å². The van der Waals surface area contributed by atoms with Gasteiger partial charge in [0.05, 0.1) is 12.5 Å². The van der Waals surface area contributed by atoms with Crippen molar-refractivity contribution in [3.8, 4) is 5.75 Å². The fourth-order valence-corrected chi connectivity index (χ4v) is 2.78. The van der Waals surface area contributed by atoms with Gasteiger partial charge in [0, 0.05) is 13.0 Å². The summed E-state index contributed by atoms with van der Waals surface area (Å²) < 4.78 is 18.4. The molecule has 1 amide bonds. The Morgan fingerprint density at radius 2 is 2.04 bits per heavy atom. The fraction of sp³-hybridized carbons (Fsp3) is 0.316. The molecule has 0 spiro atoms. The number of rotatable bonds is 5. The van der Waals surface area contributed by atoms with Crippen LogP contribution in [0.15, 0.2) is 42.5 Å². The molecule has 0 radical (unpaired) electrons. The lowest BCUT2D eigenvalue weighted by molar-refractivity contribution is -0.122. The molecule has 120 valence electrons. The zero-order valence-corrected chi connectivity index (χ0v) is 13.1. The van der Waals surface area contributed by atoms with Crippen LogP contribution in [0.4, 0.5) is 4.39 Å². The molecule has 4 heteroatoms. The standard InChI is InChI=1S/C19H20FNO2/c1-13(15-3-5-17(20)6-4-15)19(22)21-10-8-14-2-7-18-16(12-14)9-11-23-18/h2-7,12-13H,8-11H2,1H3,(H,21,22). The minimum atomic E-state index is -0.290. The Morgan fingerprint density at radius 1 is 1.26 bits per heavy atom. The van der Waals surface area contributed by atoms with Crippen LogP contribution in [0.2, 0.25) is 0 Å². The van der Waals surface area contributed by atoms with Gasteiger partial charge in [0.2, 0.25) is 5.91 Å². The highest BCUT2D eigenvalue weighted by molar-refractivity contribution is 5.83. The quantitative estimate of drug-likeness (QED) is 0.920. The van der Waals surface area contributed by atoms with Crippen molar-refractivity contribution in [3.63, 3.8) is 0 Å². The van der Waals surface area contributed by atoms with E-state index in [1.807, 2.05) is 19.1 Å². The summed E-state index contributed by atoms with van der Waals surface area (Å²) in [5, 5.41) is 2.95. The Bertz CT molecular complexity index is 697. The van der Waals surface area contributed by atoms with Crippen molar-refractivity contribution in [2.24, 2.45) is 0 Å². The number of halogens is 1. The predicted octanol–water partition coefficient (Wildman–Crippen LogP) is 3.22. The smallest absolute Gasteiger partial charge is 0.227 e. The number of benzene rings is 2. The third-order valence-corrected chi connectivity index (χ3v) is 4.23. The van der Waals surface area contributed by atoms with Crippen LogP contribution in [0.25, 0.3) is 0 Å². The number of amides is 1. The minimum Gasteiger partial charge on any atom is -0.493 e. The van der Waals surface area contributed by atoms with Crippen molar-refractivity contribution in [2.45, 2.75) is 25.7 Å². The Kier molecular flexibility index (Phi) is 4.60. The normalized spacial score (nSPS) is 14.0. The highest BCUT2D eigenvalue weighted by Crippen LogP contribution is 2.25.